The van der Waals surface area contributed by atoms with E-state index in [0.29, 0.717) is 18.8 Å². The van der Waals surface area contributed by atoms with Crippen molar-refractivity contribution in [1.29, 1.82) is 0 Å². The van der Waals surface area contributed by atoms with Gasteiger partial charge in [-0.3, -0.25) is 4.79 Å². The Hall–Kier alpha value is -1.99. The molecule has 1 saturated heterocycles. The number of carbonyl (C=O) groups excluding carboxylic acids is 1. The van der Waals surface area contributed by atoms with Crippen LogP contribution in [-0.4, -0.2) is 46.5 Å². The molecular weight excluding hydrogens is 270 g/mol. The first-order valence-corrected chi connectivity index (χ1v) is 7.11. The van der Waals surface area contributed by atoms with Gasteiger partial charge in [-0.05, 0) is 19.9 Å². The van der Waals surface area contributed by atoms with Gasteiger partial charge in [-0.1, -0.05) is 0 Å². The van der Waals surface area contributed by atoms with Gasteiger partial charge in [0, 0.05) is 24.5 Å². The second-order valence-corrected chi connectivity index (χ2v) is 5.37. The summed E-state index contributed by atoms with van der Waals surface area (Å²) in [7, 11) is 0. The number of nitrogens with zero attached hydrogens (tertiary/aromatic N) is 3. The van der Waals surface area contributed by atoms with Crippen LogP contribution in [0.3, 0.4) is 0 Å². The number of carbonyl (C=O) groups is 1. The number of ether oxygens (including phenoxy) is 1. The zero-order valence-electron chi connectivity index (χ0n) is 12.2. The quantitative estimate of drug-likeness (QED) is 0.879. The van der Waals surface area contributed by atoms with Gasteiger partial charge in [-0.2, -0.15) is 5.10 Å². The van der Waals surface area contributed by atoms with Crippen molar-refractivity contribution in [2.24, 2.45) is 0 Å². The Kier molecular flexibility index (Phi) is 3.85. The molecule has 1 atom stereocenters. The Labute approximate surface area is 122 Å². The minimum atomic E-state index is -0.451. The average molecular weight is 289 g/mol. The number of nitrogens with one attached hydrogen (secondary N) is 2. The molecule has 1 aliphatic rings. The van der Waals surface area contributed by atoms with Gasteiger partial charge in [0.15, 0.2) is 5.65 Å². The highest BCUT2D eigenvalue weighted by Gasteiger charge is 2.22. The molecule has 2 aromatic rings. The maximum absolute atomic E-state index is 12.1. The number of aromatic nitrogens is 3. The van der Waals surface area contributed by atoms with Crippen molar-refractivity contribution >= 4 is 22.6 Å². The van der Waals surface area contributed by atoms with Crippen molar-refractivity contribution in [3.8, 4) is 0 Å². The summed E-state index contributed by atoms with van der Waals surface area (Å²) in [6, 6.07) is 2.12. The van der Waals surface area contributed by atoms with Gasteiger partial charge in [0.25, 0.3) is 5.91 Å². The van der Waals surface area contributed by atoms with Gasteiger partial charge in [0.1, 0.15) is 6.10 Å². The molecule has 3 rings (SSSR count). The molecule has 2 aromatic heterocycles. The number of anilines is 1. The molecule has 7 heteroatoms. The molecule has 21 heavy (non-hydrogen) atoms. The van der Waals surface area contributed by atoms with Crippen LogP contribution < -0.4 is 10.6 Å². The van der Waals surface area contributed by atoms with E-state index in [-0.39, 0.29) is 11.9 Å². The molecule has 0 spiro atoms. The number of fused-ring (bicyclic) bond motifs is 1. The van der Waals surface area contributed by atoms with Crippen LogP contribution in [0.1, 0.15) is 19.9 Å². The van der Waals surface area contributed by atoms with Crippen LogP contribution in [0.25, 0.3) is 11.0 Å². The van der Waals surface area contributed by atoms with E-state index < -0.39 is 6.10 Å². The molecule has 112 valence electrons. The first-order valence-electron chi connectivity index (χ1n) is 7.11. The Bertz CT molecular complexity index is 646. The van der Waals surface area contributed by atoms with Crippen LogP contribution in [-0.2, 0) is 9.53 Å². The third-order valence-corrected chi connectivity index (χ3v) is 3.41. The Morgan fingerprint density at radius 2 is 2.38 bits per heavy atom. The number of pyridine rings is 1. The third-order valence-electron chi connectivity index (χ3n) is 3.41. The fraction of sp³-hybridized carbons (Fsp3) is 0.500. The molecule has 0 aliphatic carbocycles. The lowest BCUT2D eigenvalue weighted by atomic mass is 10.2. The van der Waals surface area contributed by atoms with Crippen LogP contribution in [0, 0.1) is 0 Å². The zero-order chi connectivity index (χ0) is 14.8. The number of hydrogen-bond donors (Lipinski definition) is 2. The van der Waals surface area contributed by atoms with Crippen molar-refractivity contribution in [3.63, 3.8) is 0 Å². The van der Waals surface area contributed by atoms with E-state index in [1.165, 1.54) is 0 Å². The standard InChI is InChI=1S/C14H19N5O2/c1-9(2)19-13-10(6-17-19)5-11(7-16-13)18-14(20)12-8-15-3-4-21-12/h5-7,9,12,15H,3-4,8H2,1-2H3,(H,18,20). The molecule has 2 N–H and O–H groups in total. The minimum Gasteiger partial charge on any atom is -0.366 e. The highest BCUT2D eigenvalue weighted by molar-refractivity contribution is 5.95. The number of rotatable bonds is 3. The summed E-state index contributed by atoms with van der Waals surface area (Å²) in [5.74, 6) is -0.153. The molecule has 0 radical (unpaired) electrons. The molecule has 1 unspecified atom stereocenters. The van der Waals surface area contributed by atoms with Crippen LogP contribution in [0.4, 0.5) is 5.69 Å². The Morgan fingerprint density at radius 3 is 3.10 bits per heavy atom. The van der Waals surface area contributed by atoms with E-state index in [0.717, 1.165) is 17.6 Å². The second-order valence-electron chi connectivity index (χ2n) is 5.37. The molecule has 1 aliphatic heterocycles. The third kappa shape index (κ3) is 2.88. The van der Waals surface area contributed by atoms with Crippen molar-refractivity contribution in [2.45, 2.75) is 26.0 Å². The summed E-state index contributed by atoms with van der Waals surface area (Å²) < 4.78 is 7.28. The summed E-state index contributed by atoms with van der Waals surface area (Å²) in [4.78, 5) is 16.5. The van der Waals surface area contributed by atoms with Gasteiger partial charge >= 0.3 is 0 Å². The van der Waals surface area contributed by atoms with Gasteiger partial charge < -0.3 is 15.4 Å². The topological polar surface area (TPSA) is 81.1 Å². The predicted molar refractivity (Wildman–Crippen MR) is 79.2 cm³/mol. The molecule has 0 bridgehead atoms. The maximum atomic E-state index is 12.1. The summed E-state index contributed by atoms with van der Waals surface area (Å²) in [5, 5.41) is 11.2. The van der Waals surface area contributed by atoms with Crippen LogP contribution in [0.15, 0.2) is 18.5 Å². The molecule has 1 amide bonds. The van der Waals surface area contributed by atoms with Crippen LogP contribution in [0.5, 0.6) is 0 Å². The summed E-state index contributed by atoms with van der Waals surface area (Å²) >= 11 is 0. The van der Waals surface area contributed by atoms with E-state index >= 15 is 0 Å². The monoisotopic (exact) mass is 289 g/mol. The minimum absolute atomic E-state index is 0.153. The van der Waals surface area contributed by atoms with Crippen molar-refractivity contribution < 1.29 is 9.53 Å². The highest BCUT2D eigenvalue weighted by atomic mass is 16.5. The molecule has 1 fully saturated rings. The fourth-order valence-electron chi connectivity index (χ4n) is 2.34. The lowest BCUT2D eigenvalue weighted by Gasteiger charge is -2.22. The van der Waals surface area contributed by atoms with Gasteiger partial charge in [-0.25, -0.2) is 9.67 Å². The first kappa shape index (κ1) is 14.0. The van der Waals surface area contributed by atoms with E-state index in [4.69, 9.17) is 4.74 Å². The SMILES string of the molecule is CC(C)n1ncc2cc(NC(=O)C3CNCCO3)cnc21. The highest BCUT2D eigenvalue weighted by Crippen LogP contribution is 2.19. The summed E-state index contributed by atoms with van der Waals surface area (Å²) in [6.45, 7) is 5.98. The Morgan fingerprint density at radius 1 is 1.52 bits per heavy atom. The molecule has 3 heterocycles. The zero-order valence-corrected chi connectivity index (χ0v) is 12.2. The van der Waals surface area contributed by atoms with Crippen molar-refractivity contribution in [1.82, 2.24) is 20.1 Å². The van der Waals surface area contributed by atoms with Gasteiger partial charge in [0.2, 0.25) is 0 Å². The number of morpholine rings is 1. The molecule has 0 saturated carbocycles. The molecule has 7 nitrogen and oxygen atoms in total. The van der Waals surface area contributed by atoms with E-state index in [2.05, 4.69) is 34.6 Å². The lowest BCUT2D eigenvalue weighted by molar-refractivity contribution is -0.128. The molecular formula is C14H19N5O2. The van der Waals surface area contributed by atoms with E-state index in [9.17, 15) is 4.79 Å². The van der Waals surface area contributed by atoms with Crippen molar-refractivity contribution in [2.75, 3.05) is 25.0 Å². The summed E-state index contributed by atoms with van der Waals surface area (Å²) in [6.07, 6.45) is 2.96. The lowest BCUT2D eigenvalue weighted by Crippen LogP contribution is -2.45. The van der Waals surface area contributed by atoms with Crippen LogP contribution >= 0.6 is 0 Å². The number of hydrogen-bond acceptors (Lipinski definition) is 5. The van der Waals surface area contributed by atoms with Crippen LogP contribution in [0.2, 0.25) is 0 Å². The largest absolute Gasteiger partial charge is 0.366 e. The van der Waals surface area contributed by atoms with Gasteiger partial charge in [0.05, 0.1) is 24.7 Å². The predicted octanol–water partition coefficient (Wildman–Crippen LogP) is 0.939. The summed E-state index contributed by atoms with van der Waals surface area (Å²) in [5.41, 5.74) is 1.48. The van der Waals surface area contributed by atoms with E-state index in [1.54, 1.807) is 12.4 Å². The maximum Gasteiger partial charge on any atom is 0.254 e. The normalized spacial score (nSPS) is 19.1. The fourth-order valence-corrected chi connectivity index (χ4v) is 2.34. The smallest absolute Gasteiger partial charge is 0.254 e. The van der Waals surface area contributed by atoms with E-state index in [1.807, 2.05) is 10.7 Å². The molecule has 0 aromatic carbocycles. The second kappa shape index (κ2) is 5.79. The number of amides is 1. The Balaban J connectivity index is 1.76. The average Bonchev–Trinajstić information content (AvgIpc) is 2.91. The van der Waals surface area contributed by atoms with Crippen molar-refractivity contribution in [3.05, 3.63) is 18.5 Å². The van der Waals surface area contributed by atoms with Gasteiger partial charge in [-0.15, -0.1) is 0 Å². The first-order chi connectivity index (χ1) is 10.1.